The van der Waals surface area contributed by atoms with Crippen molar-refractivity contribution >= 4 is 46.0 Å². The second-order valence-electron chi connectivity index (χ2n) is 10.1. The van der Waals surface area contributed by atoms with E-state index in [9.17, 15) is 9.59 Å². The molecular weight excluding hydrogens is 484 g/mol. The molecule has 4 rings (SSSR count). The molecule has 0 aromatic rings. The van der Waals surface area contributed by atoms with Crippen molar-refractivity contribution in [3.8, 4) is 0 Å². The van der Waals surface area contributed by atoms with E-state index in [2.05, 4.69) is 27.7 Å². The Morgan fingerprint density at radius 1 is 0.750 bits per heavy atom. The van der Waals surface area contributed by atoms with Gasteiger partial charge in [-0.05, 0) is 26.7 Å². The summed E-state index contributed by atoms with van der Waals surface area (Å²) in [5.41, 5.74) is 4.04. The molecule has 0 bridgehead atoms. The van der Waals surface area contributed by atoms with Gasteiger partial charge in [-0.25, -0.2) is 0 Å². The molecule has 0 saturated heterocycles. The average Bonchev–Trinajstić information content (AvgIpc) is 3.33. The molecule has 0 aromatic heterocycles. The van der Waals surface area contributed by atoms with Crippen molar-refractivity contribution in [3.05, 3.63) is 70.1 Å². The van der Waals surface area contributed by atoms with E-state index in [0.29, 0.717) is 35.4 Å². The number of fused-ring (bicyclic) bond motifs is 1. The molecule has 0 radical (unpaired) electrons. The van der Waals surface area contributed by atoms with Gasteiger partial charge in [-0.15, -0.1) is 0 Å². The van der Waals surface area contributed by atoms with Gasteiger partial charge in [0, 0.05) is 45.8 Å². The summed E-state index contributed by atoms with van der Waals surface area (Å²) in [5, 5.41) is 0. The Morgan fingerprint density at radius 2 is 1.14 bits per heavy atom. The van der Waals surface area contributed by atoms with Crippen molar-refractivity contribution in [2.24, 2.45) is 0 Å². The van der Waals surface area contributed by atoms with Crippen LogP contribution in [0.2, 0.25) is 0 Å². The summed E-state index contributed by atoms with van der Waals surface area (Å²) in [7, 11) is 0. The monoisotopic (exact) mass is 520 g/mol. The molecule has 4 aliphatic rings. The van der Waals surface area contributed by atoms with Crippen LogP contribution in [0.25, 0.3) is 0 Å². The minimum absolute atomic E-state index is 0.0418. The number of unbranched alkanes of at least 4 members (excludes halogenated alkanes) is 2. The summed E-state index contributed by atoms with van der Waals surface area (Å²) in [6.45, 7) is 8.47. The highest BCUT2D eigenvalue weighted by molar-refractivity contribution is 7.81. The Balaban J connectivity index is 1.97. The quantitative estimate of drug-likeness (QED) is 0.295. The van der Waals surface area contributed by atoms with Gasteiger partial charge in [0.2, 0.25) is 0 Å². The molecule has 0 aromatic carbocycles. The highest BCUT2D eigenvalue weighted by Gasteiger charge is 2.52. The van der Waals surface area contributed by atoms with Gasteiger partial charge in [0.25, 0.3) is 11.8 Å². The van der Waals surface area contributed by atoms with Gasteiger partial charge in [0.1, 0.15) is 0 Å². The van der Waals surface area contributed by atoms with Crippen molar-refractivity contribution < 1.29 is 9.59 Å². The first kappa shape index (κ1) is 26.6. The normalized spacial score (nSPS) is 21.6. The van der Waals surface area contributed by atoms with E-state index < -0.39 is 0 Å². The molecule has 0 N–H and O–H groups in total. The molecule has 36 heavy (non-hydrogen) atoms. The minimum atomic E-state index is -0.103. The van der Waals surface area contributed by atoms with Gasteiger partial charge < -0.3 is 9.80 Å². The number of allylic oxidation sites excluding steroid dienone is 8. The van der Waals surface area contributed by atoms with Gasteiger partial charge >= 0.3 is 0 Å². The van der Waals surface area contributed by atoms with Gasteiger partial charge in [0.05, 0.1) is 22.5 Å². The summed E-state index contributed by atoms with van der Waals surface area (Å²) in [6, 6.07) is -0.0836. The van der Waals surface area contributed by atoms with Crippen molar-refractivity contribution in [2.75, 3.05) is 0 Å². The van der Waals surface area contributed by atoms with Crippen LogP contribution in [0.4, 0.5) is 0 Å². The molecule has 0 spiro atoms. The van der Waals surface area contributed by atoms with E-state index in [1.165, 1.54) is 0 Å². The lowest BCUT2D eigenvalue weighted by Crippen LogP contribution is -2.40. The molecule has 0 saturated carbocycles. The smallest absolute Gasteiger partial charge is 0.261 e. The Kier molecular flexibility index (Phi) is 8.36. The number of amides is 2. The number of hydrogen-bond donors (Lipinski definition) is 0. The third kappa shape index (κ3) is 4.66. The maximum absolute atomic E-state index is 14.3. The zero-order valence-corrected chi connectivity index (χ0v) is 23.4. The zero-order chi connectivity index (χ0) is 26.0. The number of thiocarbonyl (C=S) groups is 2. The summed E-state index contributed by atoms with van der Waals surface area (Å²) >= 11 is 11.5. The fraction of sp³-hybridized carbons (Fsp3) is 0.467. The zero-order valence-electron chi connectivity index (χ0n) is 21.8. The molecule has 2 unspecified atom stereocenters. The van der Waals surface area contributed by atoms with Crippen LogP contribution in [0.1, 0.15) is 79.1 Å². The Bertz CT molecular complexity index is 1090. The third-order valence-corrected chi connectivity index (χ3v) is 8.19. The van der Waals surface area contributed by atoms with E-state index in [-0.39, 0.29) is 23.9 Å². The number of nitrogens with zero attached hydrogens (tertiary/aromatic N) is 2. The maximum atomic E-state index is 14.3. The Hall–Kier alpha value is -2.44. The van der Waals surface area contributed by atoms with Crippen LogP contribution >= 0.6 is 24.4 Å². The van der Waals surface area contributed by atoms with E-state index in [1.54, 1.807) is 0 Å². The SMILES string of the molecule is CCCCC(C)N1C(=O)C2=C(C3=CC=CCC3=S)N(C(C)CCCC)C(=O)C2=C1C1=CC=CCC1=S. The fourth-order valence-electron chi connectivity index (χ4n) is 5.47. The first-order valence-corrected chi connectivity index (χ1v) is 14.1. The highest BCUT2D eigenvalue weighted by atomic mass is 32.1. The van der Waals surface area contributed by atoms with Crippen molar-refractivity contribution in [1.29, 1.82) is 0 Å². The number of hydrogen-bond acceptors (Lipinski definition) is 4. The van der Waals surface area contributed by atoms with Crippen LogP contribution in [0, 0.1) is 0 Å². The minimum Gasteiger partial charge on any atom is -0.304 e. The molecule has 6 heteroatoms. The summed E-state index contributed by atoms with van der Waals surface area (Å²) in [4.78, 5) is 33.9. The number of rotatable bonds is 10. The Morgan fingerprint density at radius 3 is 1.47 bits per heavy atom. The lowest BCUT2D eigenvalue weighted by Gasteiger charge is -2.33. The summed E-state index contributed by atoms with van der Waals surface area (Å²) in [6.07, 6.45) is 19.1. The lowest BCUT2D eigenvalue weighted by molar-refractivity contribution is -0.126. The highest BCUT2D eigenvalue weighted by Crippen LogP contribution is 2.47. The van der Waals surface area contributed by atoms with Crippen LogP contribution < -0.4 is 0 Å². The van der Waals surface area contributed by atoms with Gasteiger partial charge in [-0.1, -0.05) is 100 Å². The van der Waals surface area contributed by atoms with E-state index in [1.807, 2.05) is 46.3 Å². The topological polar surface area (TPSA) is 40.6 Å². The average molecular weight is 521 g/mol. The predicted octanol–water partition coefficient (Wildman–Crippen LogP) is 6.85. The van der Waals surface area contributed by atoms with Crippen LogP contribution in [-0.4, -0.2) is 43.4 Å². The molecule has 2 atom stereocenters. The van der Waals surface area contributed by atoms with Gasteiger partial charge in [-0.3, -0.25) is 9.59 Å². The molecule has 2 aliphatic carbocycles. The van der Waals surface area contributed by atoms with E-state index in [0.717, 1.165) is 59.4 Å². The number of carbonyl (C=O) groups excluding carboxylic acids is 2. The van der Waals surface area contributed by atoms with Crippen molar-refractivity contribution in [1.82, 2.24) is 9.80 Å². The van der Waals surface area contributed by atoms with Gasteiger partial charge in [-0.2, -0.15) is 0 Å². The van der Waals surface area contributed by atoms with Gasteiger partial charge in [0.15, 0.2) is 0 Å². The second-order valence-corrected chi connectivity index (χ2v) is 11.0. The van der Waals surface area contributed by atoms with Crippen molar-refractivity contribution in [3.63, 3.8) is 0 Å². The van der Waals surface area contributed by atoms with Crippen LogP contribution in [-0.2, 0) is 9.59 Å². The van der Waals surface area contributed by atoms with Crippen molar-refractivity contribution in [2.45, 2.75) is 91.1 Å². The molecule has 0 fully saturated rings. The standard InChI is InChI=1S/C30H36N2O2S2/c1-5-7-13-19(3)31-27(21-15-9-11-17-23(21)35)25-26(29(31)33)28(22-16-10-12-18-24(22)36)32(30(25)34)20(4)14-8-6-2/h9-12,15-16,19-20H,5-8,13-14,17-18H2,1-4H3. The van der Waals surface area contributed by atoms with Crippen LogP contribution in [0.15, 0.2) is 70.1 Å². The lowest BCUT2D eigenvalue weighted by atomic mass is 9.95. The number of carbonyl (C=O) groups is 2. The molecular formula is C30H36N2O2S2. The van der Waals surface area contributed by atoms with E-state index in [4.69, 9.17) is 24.4 Å². The van der Waals surface area contributed by atoms with Crippen LogP contribution in [0.3, 0.4) is 0 Å². The van der Waals surface area contributed by atoms with Crippen LogP contribution in [0.5, 0.6) is 0 Å². The summed E-state index contributed by atoms with van der Waals surface area (Å²) < 4.78 is 0. The molecule has 2 aliphatic heterocycles. The van der Waals surface area contributed by atoms with E-state index >= 15 is 0 Å². The molecule has 2 amide bonds. The summed E-state index contributed by atoms with van der Waals surface area (Å²) in [5.74, 6) is -0.206. The largest absolute Gasteiger partial charge is 0.304 e. The third-order valence-electron chi connectivity index (χ3n) is 7.42. The Labute approximate surface area is 226 Å². The fourth-order valence-corrected chi connectivity index (χ4v) is 5.99. The second kappa shape index (κ2) is 11.3. The maximum Gasteiger partial charge on any atom is 0.261 e. The molecule has 190 valence electrons. The molecule has 4 nitrogen and oxygen atoms in total. The first-order chi connectivity index (χ1) is 17.3. The first-order valence-electron chi connectivity index (χ1n) is 13.3. The predicted molar refractivity (Wildman–Crippen MR) is 155 cm³/mol. The molecule has 2 heterocycles.